The monoisotopic (exact) mass is 247 g/mol. The maximum Gasteiger partial charge on any atom is 0.283 e. The third-order valence-corrected chi connectivity index (χ3v) is 2.44. The van der Waals surface area contributed by atoms with Gasteiger partial charge in [-0.3, -0.25) is 4.79 Å². The summed E-state index contributed by atoms with van der Waals surface area (Å²) in [4.78, 5) is 16.8. The van der Waals surface area contributed by atoms with Crippen LogP contribution >= 0.6 is 11.6 Å². The van der Waals surface area contributed by atoms with Gasteiger partial charge in [0.25, 0.3) is 5.91 Å². The Kier molecular flexibility index (Phi) is 3.62. The normalized spacial score (nSPS) is 9.71. The van der Waals surface area contributed by atoms with Gasteiger partial charge >= 0.3 is 0 Å². The van der Waals surface area contributed by atoms with Gasteiger partial charge in [0.1, 0.15) is 0 Å². The SMILES string of the molecule is O=C(NOc1ccccc1Cl)c1ccccc1. The van der Waals surface area contributed by atoms with E-state index in [2.05, 4.69) is 5.48 Å². The van der Waals surface area contributed by atoms with Crippen molar-refractivity contribution in [3.63, 3.8) is 0 Å². The molecule has 0 spiro atoms. The van der Waals surface area contributed by atoms with Gasteiger partial charge in [-0.05, 0) is 24.3 Å². The summed E-state index contributed by atoms with van der Waals surface area (Å²) in [5, 5.41) is 0.445. The lowest BCUT2D eigenvalue weighted by Crippen LogP contribution is -2.26. The molecule has 0 aliphatic rings. The standard InChI is InChI=1S/C13H10ClNO2/c14-11-8-4-5-9-12(11)17-15-13(16)10-6-2-1-3-7-10/h1-9H,(H,15,16). The maximum atomic E-state index is 11.7. The Morgan fingerprint density at radius 3 is 2.35 bits per heavy atom. The predicted molar refractivity (Wildman–Crippen MR) is 66.0 cm³/mol. The Morgan fingerprint density at radius 1 is 1.00 bits per heavy atom. The van der Waals surface area contributed by atoms with E-state index in [0.717, 1.165) is 0 Å². The maximum absolute atomic E-state index is 11.7. The summed E-state index contributed by atoms with van der Waals surface area (Å²) in [7, 11) is 0. The Balaban J connectivity index is 2.00. The van der Waals surface area contributed by atoms with Crippen LogP contribution in [0, 0.1) is 0 Å². The first-order chi connectivity index (χ1) is 8.27. The van der Waals surface area contributed by atoms with Gasteiger partial charge in [-0.2, -0.15) is 5.48 Å². The van der Waals surface area contributed by atoms with E-state index in [0.29, 0.717) is 16.3 Å². The summed E-state index contributed by atoms with van der Waals surface area (Å²) in [5.74, 6) is 0.101. The Labute approximate surface area is 104 Å². The fourth-order valence-electron chi connectivity index (χ4n) is 1.28. The molecular weight excluding hydrogens is 238 g/mol. The molecule has 4 heteroatoms. The minimum atomic E-state index is -0.314. The van der Waals surface area contributed by atoms with Crippen molar-refractivity contribution < 1.29 is 9.63 Å². The zero-order valence-electron chi connectivity index (χ0n) is 8.89. The van der Waals surface area contributed by atoms with E-state index >= 15 is 0 Å². The van der Waals surface area contributed by atoms with Crippen molar-refractivity contribution in [3.05, 3.63) is 65.2 Å². The number of hydrogen-bond donors (Lipinski definition) is 1. The number of amides is 1. The number of nitrogens with one attached hydrogen (secondary N) is 1. The van der Waals surface area contributed by atoms with Gasteiger partial charge in [-0.25, -0.2) is 0 Å². The van der Waals surface area contributed by atoms with Gasteiger partial charge in [0, 0.05) is 5.56 Å². The van der Waals surface area contributed by atoms with Crippen LogP contribution in [0.5, 0.6) is 5.75 Å². The molecule has 0 saturated heterocycles. The number of halogens is 1. The third kappa shape index (κ3) is 2.98. The second-order valence-electron chi connectivity index (χ2n) is 3.33. The first kappa shape index (κ1) is 11.5. The lowest BCUT2D eigenvalue weighted by molar-refractivity contribution is 0.0760. The second kappa shape index (κ2) is 5.37. The van der Waals surface area contributed by atoms with E-state index in [9.17, 15) is 4.79 Å². The largest absolute Gasteiger partial charge is 0.378 e. The van der Waals surface area contributed by atoms with Crippen molar-refractivity contribution in [1.82, 2.24) is 5.48 Å². The Hall–Kier alpha value is -2.00. The quantitative estimate of drug-likeness (QED) is 0.847. The summed E-state index contributed by atoms with van der Waals surface area (Å²) in [5.41, 5.74) is 2.86. The van der Waals surface area contributed by atoms with Crippen LogP contribution in [0.3, 0.4) is 0 Å². The highest BCUT2D eigenvalue weighted by molar-refractivity contribution is 6.32. The molecular formula is C13H10ClNO2. The lowest BCUT2D eigenvalue weighted by Gasteiger charge is -2.07. The number of benzene rings is 2. The molecule has 0 aromatic heterocycles. The Bertz CT molecular complexity index is 514. The minimum Gasteiger partial charge on any atom is -0.378 e. The van der Waals surface area contributed by atoms with Crippen molar-refractivity contribution >= 4 is 17.5 Å². The number of carbonyl (C=O) groups excluding carboxylic acids is 1. The van der Waals surface area contributed by atoms with Crippen molar-refractivity contribution in [2.45, 2.75) is 0 Å². The molecule has 1 amide bonds. The molecule has 2 aromatic carbocycles. The number of carbonyl (C=O) groups is 1. The molecule has 0 fully saturated rings. The van der Waals surface area contributed by atoms with Gasteiger partial charge in [-0.15, -0.1) is 0 Å². The zero-order valence-corrected chi connectivity index (χ0v) is 9.65. The van der Waals surface area contributed by atoms with Crippen LogP contribution < -0.4 is 10.3 Å². The number of para-hydroxylation sites is 1. The smallest absolute Gasteiger partial charge is 0.283 e. The predicted octanol–water partition coefficient (Wildman–Crippen LogP) is 3.06. The average Bonchev–Trinajstić information content (AvgIpc) is 2.38. The fraction of sp³-hybridized carbons (Fsp3) is 0. The van der Waals surface area contributed by atoms with Crippen LogP contribution in [0.1, 0.15) is 10.4 Å². The molecule has 0 bridgehead atoms. The van der Waals surface area contributed by atoms with E-state index in [1.165, 1.54) is 0 Å². The molecule has 0 atom stereocenters. The zero-order chi connectivity index (χ0) is 12.1. The second-order valence-corrected chi connectivity index (χ2v) is 3.74. The molecule has 2 rings (SSSR count). The average molecular weight is 248 g/mol. The summed E-state index contributed by atoms with van der Waals surface area (Å²) in [6.45, 7) is 0. The molecule has 3 nitrogen and oxygen atoms in total. The first-order valence-corrected chi connectivity index (χ1v) is 5.42. The van der Waals surface area contributed by atoms with E-state index in [-0.39, 0.29) is 5.91 Å². The first-order valence-electron chi connectivity index (χ1n) is 5.04. The van der Waals surface area contributed by atoms with Crippen LogP contribution in [0.2, 0.25) is 5.02 Å². The molecule has 1 N–H and O–H groups in total. The molecule has 86 valence electrons. The number of hydroxylamine groups is 1. The summed E-state index contributed by atoms with van der Waals surface area (Å²) >= 11 is 5.88. The van der Waals surface area contributed by atoms with Crippen molar-refractivity contribution in [3.8, 4) is 5.75 Å². The molecule has 0 heterocycles. The number of hydrogen-bond acceptors (Lipinski definition) is 2. The van der Waals surface area contributed by atoms with Crippen LogP contribution in [0.4, 0.5) is 0 Å². The summed E-state index contributed by atoms with van der Waals surface area (Å²) < 4.78 is 0. The highest BCUT2D eigenvalue weighted by atomic mass is 35.5. The molecule has 0 aliphatic heterocycles. The van der Waals surface area contributed by atoms with Gasteiger partial charge < -0.3 is 4.84 Å². The molecule has 0 aliphatic carbocycles. The van der Waals surface area contributed by atoms with E-state index in [4.69, 9.17) is 16.4 Å². The highest BCUT2D eigenvalue weighted by Gasteiger charge is 2.06. The number of rotatable bonds is 3. The van der Waals surface area contributed by atoms with Crippen LogP contribution in [0.25, 0.3) is 0 Å². The third-order valence-electron chi connectivity index (χ3n) is 2.13. The molecule has 0 saturated carbocycles. The molecule has 0 unspecified atom stereocenters. The van der Waals surface area contributed by atoms with Gasteiger partial charge in [0.2, 0.25) is 0 Å². The van der Waals surface area contributed by atoms with Crippen LogP contribution in [-0.2, 0) is 0 Å². The highest BCUT2D eigenvalue weighted by Crippen LogP contribution is 2.22. The fourth-order valence-corrected chi connectivity index (χ4v) is 1.45. The topological polar surface area (TPSA) is 38.3 Å². The van der Waals surface area contributed by atoms with Crippen molar-refractivity contribution in [2.75, 3.05) is 0 Å². The van der Waals surface area contributed by atoms with E-state index in [1.807, 2.05) is 6.07 Å². The lowest BCUT2D eigenvalue weighted by atomic mass is 10.2. The summed E-state index contributed by atoms with van der Waals surface area (Å²) in [6.07, 6.45) is 0. The van der Waals surface area contributed by atoms with Crippen molar-refractivity contribution in [2.24, 2.45) is 0 Å². The van der Waals surface area contributed by atoms with Crippen LogP contribution in [0.15, 0.2) is 54.6 Å². The Morgan fingerprint density at radius 2 is 1.65 bits per heavy atom. The van der Waals surface area contributed by atoms with Gasteiger partial charge in [0.05, 0.1) is 5.02 Å². The molecule has 2 aromatic rings. The van der Waals surface area contributed by atoms with Gasteiger partial charge in [0.15, 0.2) is 5.75 Å². The molecule has 0 radical (unpaired) electrons. The van der Waals surface area contributed by atoms with Gasteiger partial charge in [-0.1, -0.05) is 41.9 Å². The minimum absolute atomic E-state index is 0.314. The van der Waals surface area contributed by atoms with E-state index in [1.54, 1.807) is 48.5 Å². The van der Waals surface area contributed by atoms with E-state index < -0.39 is 0 Å². The van der Waals surface area contributed by atoms with Crippen LogP contribution in [-0.4, -0.2) is 5.91 Å². The summed E-state index contributed by atoms with van der Waals surface area (Å²) in [6, 6.07) is 15.7. The van der Waals surface area contributed by atoms with Crippen molar-refractivity contribution in [1.29, 1.82) is 0 Å². The molecule has 17 heavy (non-hydrogen) atoms.